The van der Waals surface area contributed by atoms with Crippen LogP contribution in [0.15, 0.2) is 5.38 Å². The number of hydrogen-bond acceptors (Lipinski definition) is 5. The molecule has 21 heavy (non-hydrogen) atoms. The Morgan fingerprint density at radius 2 is 2.33 bits per heavy atom. The molecule has 7 nitrogen and oxygen atoms in total. The highest BCUT2D eigenvalue weighted by Gasteiger charge is 2.25. The molecule has 2 unspecified atom stereocenters. The number of hydrogen-bond donors (Lipinski definition) is 3. The summed E-state index contributed by atoms with van der Waals surface area (Å²) in [5, 5.41) is 16.5. The summed E-state index contributed by atoms with van der Waals surface area (Å²) in [5.74, 6) is -0.643. The van der Waals surface area contributed by atoms with E-state index in [1.807, 2.05) is 0 Å². The summed E-state index contributed by atoms with van der Waals surface area (Å²) >= 11 is 1.23. The van der Waals surface area contributed by atoms with Crippen LogP contribution in [0.1, 0.15) is 28.8 Å². The number of piperidine rings is 1. The van der Waals surface area contributed by atoms with Crippen molar-refractivity contribution in [2.45, 2.75) is 25.9 Å². The molecule has 2 amide bonds. The molecule has 116 valence electrons. The van der Waals surface area contributed by atoms with E-state index in [9.17, 15) is 9.59 Å². The second kappa shape index (κ2) is 6.86. The van der Waals surface area contributed by atoms with E-state index in [1.165, 1.54) is 16.7 Å². The van der Waals surface area contributed by atoms with Gasteiger partial charge in [-0.3, -0.25) is 0 Å². The van der Waals surface area contributed by atoms with Gasteiger partial charge in [-0.05, 0) is 25.9 Å². The second-order valence-electron chi connectivity index (χ2n) is 5.39. The molecule has 0 aromatic carbocycles. The maximum atomic E-state index is 11.9. The molecule has 1 aliphatic rings. The van der Waals surface area contributed by atoms with Crippen LogP contribution in [0.5, 0.6) is 0 Å². The van der Waals surface area contributed by atoms with Gasteiger partial charge in [-0.15, -0.1) is 11.3 Å². The number of carboxylic acids is 1. The minimum atomic E-state index is -1.05. The summed E-state index contributed by atoms with van der Waals surface area (Å²) in [6.07, 6.45) is 0.936. The third-order valence-corrected chi connectivity index (χ3v) is 4.44. The van der Waals surface area contributed by atoms with Gasteiger partial charge >= 0.3 is 12.0 Å². The van der Waals surface area contributed by atoms with Crippen molar-refractivity contribution in [3.63, 3.8) is 0 Å². The standard InChI is InChI=1S/C13H20N4O3S/c1-8-6-17(2)4-3-9(8)16-13(20)14-5-11-15-10(7-21-11)12(18)19/h7-9H,3-6H2,1-2H3,(H,18,19)(H2,14,16,20). The van der Waals surface area contributed by atoms with E-state index < -0.39 is 5.97 Å². The van der Waals surface area contributed by atoms with Crippen LogP contribution in [0.3, 0.4) is 0 Å². The lowest BCUT2D eigenvalue weighted by Gasteiger charge is -2.35. The summed E-state index contributed by atoms with van der Waals surface area (Å²) in [7, 11) is 2.08. The Kier molecular flexibility index (Phi) is 5.13. The van der Waals surface area contributed by atoms with Crippen molar-refractivity contribution in [3.05, 3.63) is 16.1 Å². The van der Waals surface area contributed by atoms with Gasteiger partial charge in [-0.1, -0.05) is 6.92 Å². The number of carbonyl (C=O) groups is 2. The minimum absolute atomic E-state index is 0.0150. The first-order valence-corrected chi connectivity index (χ1v) is 7.74. The van der Waals surface area contributed by atoms with Crippen molar-refractivity contribution in [2.75, 3.05) is 20.1 Å². The maximum Gasteiger partial charge on any atom is 0.355 e. The molecule has 2 heterocycles. The molecule has 1 aromatic rings. The van der Waals surface area contributed by atoms with Gasteiger partial charge in [0.05, 0.1) is 6.54 Å². The van der Waals surface area contributed by atoms with Gasteiger partial charge in [0.1, 0.15) is 5.01 Å². The van der Waals surface area contributed by atoms with E-state index in [0.29, 0.717) is 10.9 Å². The van der Waals surface area contributed by atoms with Crippen LogP contribution in [0.2, 0.25) is 0 Å². The molecule has 0 spiro atoms. The minimum Gasteiger partial charge on any atom is -0.476 e. The van der Waals surface area contributed by atoms with Gasteiger partial charge in [0.15, 0.2) is 5.69 Å². The normalized spacial score (nSPS) is 22.8. The number of nitrogens with zero attached hydrogens (tertiary/aromatic N) is 2. The van der Waals surface area contributed by atoms with Gasteiger partial charge in [0.2, 0.25) is 0 Å². The van der Waals surface area contributed by atoms with E-state index in [4.69, 9.17) is 5.11 Å². The summed E-state index contributed by atoms with van der Waals surface area (Å²) in [6, 6.07) is -0.0597. The SMILES string of the molecule is CC1CN(C)CCC1NC(=O)NCc1nc(C(=O)O)cs1. The summed E-state index contributed by atoms with van der Waals surface area (Å²) < 4.78 is 0. The average molecular weight is 312 g/mol. The average Bonchev–Trinajstić information content (AvgIpc) is 2.89. The Hall–Kier alpha value is -1.67. The Bertz CT molecular complexity index is 519. The van der Waals surface area contributed by atoms with Gasteiger partial charge < -0.3 is 20.6 Å². The van der Waals surface area contributed by atoms with Crippen molar-refractivity contribution in [2.24, 2.45) is 5.92 Å². The third-order valence-electron chi connectivity index (χ3n) is 3.60. The number of carbonyl (C=O) groups excluding carboxylic acids is 1. The third kappa shape index (κ3) is 4.40. The molecule has 2 atom stereocenters. The lowest BCUT2D eigenvalue weighted by Crippen LogP contribution is -2.51. The highest BCUT2D eigenvalue weighted by Crippen LogP contribution is 2.15. The van der Waals surface area contributed by atoms with Gasteiger partial charge in [0, 0.05) is 18.0 Å². The van der Waals surface area contributed by atoms with Crippen LogP contribution in [0.4, 0.5) is 4.79 Å². The Morgan fingerprint density at radius 1 is 1.57 bits per heavy atom. The highest BCUT2D eigenvalue weighted by molar-refractivity contribution is 7.09. The number of aromatic nitrogens is 1. The lowest BCUT2D eigenvalue weighted by atomic mass is 9.94. The number of rotatable bonds is 4. The summed E-state index contributed by atoms with van der Waals surface area (Å²) in [4.78, 5) is 28.8. The number of aromatic carboxylic acids is 1. The number of thiazole rings is 1. The molecule has 0 radical (unpaired) electrons. The lowest BCUT2D eigenvalue weighted by molar-refractivity contribution is 0.0691. The monoisotopic (exact) mass is 312 g/mol. The predicted molar refractivity (Wildman–Crippen MR) is 79.5 cm³/mol. The van der Waals surface area contributed by atoms with Crippen LogP contribution in [-0.2, 0) is 6.54 Å². The molecule has 1 aromatic heterocycles. The zero-order valence-corrected chi connectivity index (χ0v) is 12.9. The summed E-state index contributed by atoms with van der Waals surface area (Å²) in [5.41, 5.74) is 0.0150. The van der Waals surface area contributed by atoms with Gasteiger partial charge in [-0.25, -0.2) is 14.6 Å². The second-order valence-corrected chi connectivity index (χ2v) is 6.34. The Morgan fingerprint density at radius 3 is 2.95 bits per heavy atom. The smallest absolute Gasteiger partial charge is 0.355 e. The van der Waals surface area contributed by atoms with Crippen LogP contribution in [0.25, 0.3) is 0 Å². The van der Waals surface area contributed by atoms with E-state index in [-0.39, 0.29) is 24.3 Å². The fourth-order valence-corrected chi connectivity index (χ4v) is 3.14. The van der Waals surface area contributed by atoms with Crippen LogP contribution >= 0.6 is 11.3 Å². The zero-order valence-electron chi connectivity index (χ0n) is 12.1. The molecule has 1 saturated heterocycles. The molecule has 0 saturated carbocycles. The van der Waals surface area contributed by atoms with Crippen molar-refractivity contribution < 1.29 is 14.7 Å². The van der Waals surface area contributed by atoms with Crippen molar-refractivity contribution >= 4 is 23.3 Å². The van der Waals surface area contributed by atoms with E-state index in [2.05, 4.69) is 34.5 Å². The quantitative estimate of drug-likeness (QED) is 0.770. The van der Waals surface area contributed by atoms with Gasteiger partial charge in [-0.2, -0.15) is 0 Å². The summed E-state index contributed by atoms with van der Waals surface area (Å²) in [6.45, 7) is 4.31. The number of carboxylic acid groups (broad SMARTS) is 1. The number of nitrogens with one attached hydrogen (secondary N) is 2. The highest BCUT2D eigenvalue weighted by atomic mass is 32.1. The fraction of sp³-hybridized carbons (Fsp3) is 0.615. The first-order valence-electron chi connectivity index (χ1n) is 6.86. The van der Waals surface area contributed by atoms with Crippen LogP contribution < -0.4 is 10.6 Å². The molecular formula is C13H20N4O3S. The topological polar surface area (TPSA) is 94.6 Å². The van der Waals surface area contributed by atoms with Crippen LogP contribution in [0, 0.1) is 5.92 Å². The molecule has 2 rings (SSSR count). The van der Waals surface area contributed by atoms with Gasteiger partial charge in [0.25, 0.3) is 0 Å². The van der Waals surface area contributed by atoms with E-state index >= 15 is 0 Å². The van der Waals surface area contributed by atoms with Crippen molar-refractivity contribution in [3.8, 4) is 0 Å². The zero-order chi connectivity index (χ0) is 15.4. The molecular weight excluding hydrogens is 292 g/mol. The van der Waals surface area contributed by atoms with Crippen molar-refractivity contribution in [1.82, 2.24) is 20.5 Å². The Balaban J connectivity index is 1.78. The first-order chi connectivity index (χ1) is 9.95. The van der Waals surface area contributed by atoms with E-state index in [1.54, 1.807) is 0 Å². The number of urea groups is 1. The maximum absolute atomic E-state index is 11.9. The fourth-order valence-electron chi connectivity index (χ4n) is 2.43. The Labute approximate surface area is 127 Å². The first kappa shape index (κ1) is 15.7. The number of amides is 2. The van der Waals surface area contributed by atoms with E-state index in [0.717, 1.165) is 19.5 Å². The molecule has 0 bridgehead atoms. The number of likely N-dealkylation sites (tertiary alicyclic amines) is 1. The molecule has 8 heteroatoms. The predicted octanol–water partition coefficient (Wildman–Crippen LogP) is 0.981. The largest absolute Gasteiger partial charge is 0.476 e. The molecule has 0 aliphatic carbocycles. The van der Waals surface area contributed by atoms with Crippen LogP contribution in [-0.4, -0.2) is 53.2 Å². The molecule has 1 fully saturated rings. The molecule has 1 aliphatic heterocycles. The van der Waals surface area contributed by atoms with Crippen molar-refractivity contribution in [1.29, 1.82) is 0 Å². The molecule has 3 N–H and O–H groups in total.